The van der Waals surface area contributed by atoms with Gasteiger partial charge >= 0.3 is 19.5 Å². The number of esters is 2. The van der Waals surface area contributed by atoms with Gasteiger partial charge < -0.3 is 18.5 Å². The van der Waals surface area contributed by atoms with Gasteiger partial charge in [-0.1, -0.05) is 18.2 Å². The second kappa shape index (κ2) is 8.55. The Bertz CT molecular complexity index is 728. The first-order chi connectivity index (χ1) is 12.6. The van der Waals surface area contributed by atoms with Crippen molar-refractivity contribution in [1.29, 1.82) is 0 Å². The molecule has 0 aromatic heterocycles. The molecule has 8 heteroatoms. The Morgan fingerprint density at radius 2 is 1.74 bits per heavy atom. The minimum atomic E-state index is -3.85. The minimum Gasteiger partial charge on any atom is -0.460 e. The molecule has 0 radical (unpaired) electrons. The van der Waals surface area contributed by atoms with E-state index in [9.17, 15) is 14.2 Å². The minimum absolute atomic E-state index is 0.0991. The summed E-state index contributed by atoms with van der Waals surface area (Å²) in [7, 11) is -3.85. The van der Waals surface area contributed by atoms with Crippen molar-refractivity contribution >= 4 is 19.5 Å². The van der Waals surface area contributed by atoms with E-state index >= 15 is 0 Å². The molecule has 0 saturated heterocycles. The molecule has 0 N–H and O–H groups in total. The first-order valence-corrected chi connectivity index (χ1v) is 10.6. The van der Waals surface area contributed by atoms with Crippen LogP contribution in [0.5, 0.6) is 5.75 Å². The average molecular weight is 398 g/mol. The van der Waals surface area contributed by atoms with Crippen LogP contribution in [0.1, 0.15) is 52.5 Å². The SMILES string of the molecule is CCOP(=O)(OCC)C1C(=O)Oc2ccccc2C1CC(=O)OC(C)(C)C. The van der Waals surface area contributed by atoms with Crippen molar-refractivity contribution in [2.45, 2.75) is 58.2 Å². The Hall–Kier alpha value is -1.69. The van der Waals surface area contributed by atoms with Crippen molar-refractivity contribution in [1.82, 2.24) is 0 Å². The van der Waals surface area contributed by atoms with Crippen LogP contribution in [-0.2, 0) is 27.9 Å². The summed E-state index contributed by atoms with van der Waals surface area (Å²) in [5.41, 5.74) is -1.31. The number of para-hydroxylation sites is 1. The molecular formula is C19H27O7P. The molecule has 1 aromatic rings. The maximum Gasteiger partial charge on any atom is 0.345 e. The van der Waals surface area contributed by atoms with E-state index in [1.165, 1.54) is 0 Å². The van der Waals surface area contributed by atoms with Crippen molar-refractivity contribution in [2.24, 2.45) is 0 Å². The Kier molecular flexibility index (Phi) is 6.84. The van der Waals surface area contributed by atoms with Gasteiger partial charge in [0.05, 0.1) is 19.6 Å². The maximum absolute atomic E-state index is 13.4. The van der Waals surface area contributed by atoms with Gasteiger partial charge in [0.1, 0.15) is 11.4 Å². The number of rotatable bonds is 7. The average Bonchev–Trinajstić information content (AvgIpc) is 2.53. The first kappa shape index (κ1) is 21.6. The van der Waals surface area contributed by atoms with Crippen LogP contribution < -0.4 is 4.74 Å². The molecule has 0 aliphatic carbocycles. The number of hydrogen-bond acceptors (Lipinski definition) is 7. The molecule has 150 valence electrons. The second-order valence-corrected chi connectivity index (χ2v) is 9.33. The predicted molar refractivity (Wildman–Crippen MR) is 99.9 cm³/mol. The van der Waals surface area contributed by atoms with Crippen LogP contribution in [0.3, 0.4) is 0 Å². The van der Waals surface area contributed by atoms with Crippen molar-refractivity contribution < 1.29 is 32.7 Å². The Morgan fingerprint density at radius 1 is 1.15 bits per heavy atom. The van der Waals surface area contributed by atoms with Gasteiger partial charge in [-0.3, -0.25) is 14.2 Å². The first-order valence-electron chi connectivity index (χ1n) is 9.02. The molecule has 1 aromatic carbocycles. The van der Waals surface area contributed by atoms with Gasteiger partial charge in [-0.15, -0.1) is 0 Å². The highest BCUT2D eigenvalue weighted by Crippen LogP contribution is 2.60. The zero-order chi connectivity index (χ0) is 20.2. The van der Waals surface area contributed by atoms with Gasteiger partial charge in [0.25, 0.3) is 0 Å². The highest BCUT2D eigenvalue weighted by atomic mass is 31.2. The number of ether oxygens (including phenoxy) is 2. The number of fused-ring (bicyclic) bond motifs is 1. The number of carbonyl (C=O) groups is 2. The van der Waals surface area contributed by atoms with E-state index in [2.05, 4.69) is 0 Å². The zero-order valence-corrected chi connectivity index (χ0v) is 17.3. The molecule has 7 nitrogen and oxygen atoms in total. The van der Waals surface area contributed by atoms with Gasteiger partial charge in [0, 0.05) is 11.5 Å². The summed E-state index contributed by atoms with van der Waals surface area (Å²) in [6, 6.07) is 6.87. The topological polar surface area (TPSA) is 88.1 Å². The predicted octanol–water partition coefficient (Wildman–Crippen LogP) is 4.06. The highest BCUT2D eigenvalue weighted by Gasteiger charge is 2.52. The van der Waals surface area contributed by atoms with E-state index in [-0.39, 0.29) is 19.6 Å². The standard InChI is InChI=1S/C19H27O7P/c1-6-23-27(22,24-7-2)17-14(12-16(20)26-19(3,4)5)13-10-8-9-11-15(13)25-18(17)21/h8-11,14,17H,6-7,12H2,1-5H3. The molecule has 0 saturated carbocycles. The summed E-state index contributed by atoms with van der Waals surface area (Å²) in [6.07, 6.45) is -0.141. The van der Waals surface area contributed by atoms with Crippen molar-refractivity contribution in [2.75, 3.05) is 13.2 Å². The molecule has 0 bridgehead atoms. The van der Waals surface area contributed by atoms with Crippen LogP contribution in [-0.4, -0.2) is 36.4 Å². The van der Waals surface area contributed by atoms with E-state index in [1.807, 2.05) is 0 Å². The lowest BCUT2D eigenvalue weighted by molar-refractivity contribution is -0.155. The number of hydrogen-bond donors (Lipinski definition) is 0. The molecule has 0 spiro atoms. The van der Waals surface area contributed by atoms with Crippen molar-refractivity contribution in [3.05, 3.63) is 29.8 Å². The monoisotopic (exact) mass is 398 g/mol. The summed E-state index contributed by atoms with van der Waals surface area (Å²) >= 11 is 0. The second-order valence-electron chi connectivity index (χ2n) is 7.18. The summed E-state index contributed by atoms with van der Waals surface area (Å²) in [4.78, 5) is 25.2. The largest absolute Gasteiger partial charge is 0.460 e. The van der Waals surface area contributed by atoms with E-state index in [0.29, 0.717) is 11.3 Å². The molecule has 1 aliphatic rings. The molecule has 2 rings (SSSR count). The van der Waals surface area contributed by atoms with Crippen LogP contribution in [0.2, 0.25) is 0 Å². The van der Waals surface area contributed by atoms with Crippen LogP contribution in [0, 0.1) is 0 Å². The molecule has 2 unspecified atom stereocenters. The van der Waals surface area contributed by atoms with Crippen molar-refractivity contribution in [3.63, 3.8) is 0 Å². The van der Waals surface area contributed by atoms with Crippen LogP contribution in [0.25, 0.3) is 0 Å². The third-order valence-electron chi connectivity index (χ3n) is 3.92. The fourth-order valence-electron chi connectivity index (χ4n) is 3.07. The lowest BCUT2D eigenvalue weighted by atomic mass is 9.89. The number of benzene rings is 1. The van der Waals surface area contributed by atoms with Gasteiger partial charge in [0.2, 0.25) is 0 Å². The number of carbonyl (C=O) groups excluding carboxylic acids is 2. The molecule has 1 heterocycles. The Labute approximate surface area is 159 Å². The van der Waals surface area contributed by atoms with E-state index < -0.39 is 36.7 Å². The quantitative estimate of drug-likeness (QED) is 0.389. The molecule has 27 heavy (non-hydrogen) atoms. The van der Waals surface area contributed by atoms with E-state index in [1.54, 1.807) is 58.9 Å². The van der Waals surface area contributed by atoms with E-state index in [0.717, 1.165) is 0 Å². The van der Waals surface area contributed by atoms with Gasteiger partial charge in [-0.05, 0) is 40.7 Å². The fraction of sp³-hybridized carbons (Fsp3) is 0.579. The maximum atomic E-state index is 13.4. The summed E-state index contributed by atoms with van der Waals surface area (Å²) in [5, 5.41) is 0. The van der Waals surface area contributed by atoms with Crippen LogP contribution in [0.4, 0.5) is 0 Å². The molecule has 2 atom stereocenters. The van der Waals surface area contributed by atoms with E-state index in [4.69, 9.17) is 18.5 Å². The summed E-state index contributed by atoms with van der Waals surface area (Å²) in [5.74, 6) is -1.62. The van der Waals surface area contributed by atoms with Crippen molar-refractivity contribution in [3.8, 4) is 5.75 Å². The third kappa shape index (κ3) is 5.18. The van der Waals surface area contributed by atoms with Gasteiger partial charge in [-0.25, -0.2) is 0 Å². The van der Waals surface area contributed by atoms with Gasteiger partial charge in [0.15, 0.2) is 5.66 Å². The normalized spacial score (nSPS) is 20.0. The smallest absolute Gasteiger partial charge is 0.345 e. The van der Waals surface area contributed by atoms with Gasteiger partial charge in [-0.2, -0.15) is 0 Å². The highest BCUT2D eigenvalue weighted by molar-refractivity contribution is 7.55. The van der Waals surface area contributed by atoms with Crippen LogP contribution >= 0.6 is 7.60 Å². The Morgan fingerprint density at radius 3 is 2.30 bits per heavy atom. The van der Waals surface area contributed by atoms with Crippen LogP contribution in [0.15, 0.2) is 24.3 Å². The third-order valence-corrected chi connectivity index (χ3v) is 6.41. The molecule has 0 amide bonds. The molecule has 1 aliphatic heterocycles. The zero-order valence-electron chi connectivity index (χ0n) is 16.4. The fourth-order valence-corrected chi connectivity index (χ4v) is 5.21. The Balaban J connectivity index is 2.47. The summed E-state index contributed by atoms with van der Waals surface area (Å²) in [6.45, 7) is 8.81. The lowest BCUT2D eigenvalue weighted by Crippen LogP contribution is -2.39. The summed E-state index contributed by atoms with van der Waals surface area (Å²) < 4.78 is 34.9. The molecular weight excluding hydrogens is 371 g/mol. The lowest BCUT2D eigenvalue weighted by Gasteiger charge is -2.35. The molecule has 0 fully saturated rings.